The van der Waals surface area contributed by atoms with Gasteiger partial charge in [-0.25, -0.2) is 0 Å². The average molecular weight is 213 g/mol. The normalized spacial score (nSPS) is 15.5. The van der Waals surface area contributed by atoms with E-state index < -0.39 is 0 Å². The lowest BCUT2D eigenvalue weighted by atomic mass is 10.1. The summed E-state index contributed by atoms with van der Waals surface area (Å²) in [5.74, 6) is 0. The van der Waals surface area contributed by atoms with Crippen LogP contribution in [-0.2, 0) is 0 Å². The second-order valence-electron chi connectivity index (χ2n) is 3.70. The number of hydrogen-bond donors (Lipinski definition) is 0. The minimum Gasteiger partial charge on any atom is -0.325 e. The van der Waals surface area contributed by atoms with Crippen LogP contribution >= 0.6 is 12.2 Å². The third kappa shape index (κ3) is 4.13. The lowest BCUT2D eigenvalue weighted by Crippen LogP contribution is -2.24. The van der Waals surface area contributed by atoms with Crippen molar-refractivity contribution in [3.8, 4) is 0 Å². The maximum absolute atomic E-state index is 5.03. The molecule has 14 heavy (non-hydrogen) atoms. The fourth-order valence-electron chi connectivity index (χ4n) is 1.54. The summed E-state index contributed by atoms with van der Waals surface area (Å²) in [6, 6.07) is 0. The van der Waals surface area contributed by atoms with E-state index in [0.29, 0.717) is 11.8 Å². The molecule has 0 aliphatic carbocycles. The van der Waals surface area contributed by atoms with Gasteiger partial charge in [0.05, 0.1) is 0 Å². The largest absolute Gasteiger partial charge is 0.325 e. The Bertz CT molecular complexity index is 204. The highest BCUT2D eigenvalue weighted by Crippen LogP contribution is 2.09. The predicted molar refractivity (Wildman–Crippen MR) is 62.4 cm³/mol. The summed E-state index contributed by atoms with van der Waals surface area (Å²) >= 11 is 5.03. The average Bonchev–Trinajstić information content (AvgIpc) is 2.58. The quantitative estimate of drug-likeness (QED) is 0.479. The third-order valence-electron chi connectivity index (χ3n) is 2.44. The van der Waals surface area contributed by atoms with Gasteiger partial charge in [-0.15, -0.1) is 5.11 Å². The summed E-state index contributed by atoms with van der Waals surface area (Å²) in [5, 5.41) is 8.38. The molecule has 0 bridgehead atoms. The van der Waals surface area contributed by atoms with Crippen LogP contribution in [0.2, 0.25) is 0 Å². The molecule has 0 saturated heterocycles. The molecule has 0 fully saturated rings. The zero-order valence-electron chi connectivity index (χ0n) is 8.91. The van der Waals surface area contributed by atoms with Crippen molar-refractivity contribution in [3.63, 3.8) is 0 Å². The molecule has 0 saturated carbocycles. The molecule has 1 aliphatic heterocycles. The lowest BCUT2D eigenvalue weighted by Gasteiger charge is -2.13. The van der Waals surface area contributed by atoms with Crippen LogP contribution in [0.1, 0.15) is 45.4 Å². The van der Waals surface area contributed by atoms with Crippen LogP contribution in [0.3, 0.4) is 0 Å². The van der Waals surface area contributed by atoms with E-state index in [2.05, 4.69) is 22.1 Å². The Morgan fingerprint density at radius 2 is 1.93 bits per heavy atom. The first-order chi connectivity index (χ1) is 6.84. The van der Waals surface area contributed by atoms with Crippen LogP contribution in [0.15, 0.2) is 10.2 Å². The first-order valence-corrected chi connectivity index (χ1v) is 5.92. The van der Waals surface area contributed by atoms with Crippen molar-refractivity contribution in [1.29, 1.82) is 0 Å². The molecule has 0 radical (unpaired) electrons. The van der Waals surface area contributed by atoms with Crippen LogP contribution in [0.5, 0.6) is 0 Å². The number of thiocarbonyl (C=S) groups is 1. The molecule has 0 atom stereocenters. The van der Waals surface area contributed by atoms with Gasteiger partial charge in [0.25, 0.3) is 0 Å². The molecule has 4 heteroatoms. The van der Waals surface area contributed by atoms with Gasteiger partial charge in [0.2, 0.25) is 5.11 Å². The van der Waals surface area contributed by atoms with Gasteiger partial charge in [0.1, 0.15) is 6.67 Å². The van der Waals surface area contributed by atoms with Gasteiger partial charge in [-0.1, -0.05) is 39.0 Å². The van der Waals surface area contributed by atoms with Gasteiger partial charge in [0, 0.05) is 6.54 Å². The number of hydrogen-bond acceptors (Lipinski definition) is 2. The number of nitrogens with zero attached hydrogens (tertiary/aromatic N) is 3. The standard InChI is InChI=1S/C10H19N3S/c1-2-3-4-5-6-7-8-13-9-11-12-10(13)14/h2-9H2,1H3. The summed E-state index contributed by atoms with van der Waals surface area (Å²) in [7, 11) is 0. The molecule has 0 aromatic heterocycles. The van der Waals surface area contributed by atoms with E-state index in [0.717, 1.165) is 6.54 Å². The maximum atomic E-state index is 5.03. The molecule has 0 spiro atoms. The van der Waals surface area contributed by atoms with Crippen LogP contribution in [0.25, 0.3) is 0 Å². The molecule has 1 heterocycles. The van der Waals surface area contributed by atoms with Crippen LogP contribution < -0.4 is 0 Å². The smallest absolute Gasteiger partial charge is 0.217 e. The summed E-state index contributed by atoms with van der Waals surface area (Å²) in [4.78, 5) is 2.06. The number of rotatable bonds is 7. The molecule has 1 rings (SSSR count). The Balaban J connectivity index is 1.91. The van der Waals surface area contributed by atoms with Crippen LogP contribution in [-0.4, -0.2) is 23.2 Å². The minimum absolute atomic E-state index is 0.665. The van der Waals surface area contributed by atoms with Gasteiger partial charge in [-0.2, -0.15) is 5.11 Å². The van der Waals surface area contributed by atoms with Crippen molar-refractivity contribution in [3.05, 3.63) is 0 Å². The van der Waals surface area contributed by atoms with E-state index in [1.807, 2.05) is 0 Å². The van der Waals surface area contributed by atoms with Crippen molar-refractivity contribution < 1.29 is 0 Å². The summed E-state index contributed by atoms with van der Waals surface area (Å²) in [5.41, 5.74) is 0. The molecule has 0 aromatic rings. The molecular weight excluding hydrogens is 194 g/mol. The number of unbranched alkanes of at least 4 members (excludes halogenated alkanes) is 5. The number of azo groups is 1. The predicted octanol–water partition coefficient (Wildman–Crippen LogP) is 3.36. The maximum Gasteiger partial charge on any atom is 0.217 e. The van der Waals surface area contributed by atoms with Crippen molar-refractivity contribution >= 4 is 17.3 Å². The lowest BCUT2D eigenvalue weighted by molar-refractivity contribution is 0.431. The molecular formula is C10H19N3S. The minimum atomic E-state index is 0.665. The third-order valence-corrected chi connectivity index (χ3v) is 2.78. The van der Waals surface area contributed by atoms with Gasteiger partial charge in [0.15, 0.2) is 0 Å². The van der Waals surface area contributed by atoms with Gasteiger partial charge >= 0.3 is 0 Å². The second-order valence-corrected chi connectivity index (χ2v) is 4.06. The van der Waals surface area contributed by atoms with Crippen molar-refractivity contribution in [2.45, 2.75) is 45.4 Å². The highest BCUT2D eigenvalue weighted by molar-refractivity contribution is 7.80. The zero-order chi connectivity index (χ0) is 10.2. The van der Waals surface area contributed by atoms with E-state index in [1.165, 1.54) is 38.5 Å². The Labute approximate surface area is 91.6 Å². The summed E-state index contributed by atoms with van der Waals surface area (Å²) in [6.45, 7) is 3.94. The van der Waals surface area contributed by atoms with E-state index in [-0.39, 0.29) is 0 Å². The summed E-state index contributed by atoms with van der Waals surface area (Å²) in [6.07, 6.45) is 7.92. The molecule has 0 N–H and O–H groups in total. The molecule has 80 valence electrons. The molecule has 0 aromatic carbocycles. The monoisotopic (exact) mass is 213 g/mol. The van der Waals surface area contributed by atoms with Crippen molar-refractivity contribution in [2.24, 2.45) is 10.2 Å². The zero-order valence-corrected chi connectivity index (χ0v) is 9.72. The van der Waals surface area contributed by atoms with Crippen molar-refractivity contribution in [1.82, 2.24) is 4.90 Å². The Kier molecular flexibility index (Phi) is 5.68. The van der Waals surface area contributed by atoms with Crippen LogP contribution in [0, 0.1) is 0 Å². The van der Waals surface area contributed by atoms with E-state index in [1.54, 1.807) is 0 Å². The second kappa shape index (κ2) is 6.87. The van der Waals surface area contributed by atoms with Gasteiger partial charge in [-0.3, -0.25) is 0 Å². The summed E-state index contributed by atoms with van der Waals surface area (Å²) < 4.78 is 0. The Hall–Kier alpha value is -0.510. The fraction of sp³-hybridized carbons (Fsp3) is 0.900. The van der Waals surface area contributed by atoms with Gasteiger partial charge in [-0.05, 0) is 18.6 Å². The topological polar surface area (TPSA) is 28.0 Å². The Morgan fingerprint density at radius 3 is 2.57 bits per heavy atom. The molecule has 3 nitrogen and oxygen atoms in total. The Morgan fingerprint density at radius 1 is 1.21 bits per heavy atom. The van der Waals surface area contributed by atoms with E-state index in [4.69, 9.17) is 12.2 Å². The SMILES string of the molecule is CCCCCCCCN1CN=NC1=S. The van der Waals surface area contributed by atoms with Crippen LogP contribution in [0.4, 0.5) is 0 Å². The van der Waals surface area contributed by atoms with Crippen molar-refractivity contribution in [2.75, 3.05) is 13.2 Å². The van der Waals surface area contributed by atoms with E-state index in [9.17, 15) is 0 Å². The molecule has 1 aliphatic rings. The van der Waals surface area contributed by atoms with E-state index >= 15 is 0 Å². The first kappa shape index (κ1) is 11.6. The fourth-order valence-corrected chi connectivity index (χ4v) is 1.75. The molecule has 0 amide bonds. The first-order valence-electron chi connectivity index (χ1n) is 5.51. The highest BCUT2D eigenvalue weighted by Gasteiger charge is 2.12. The van der Waals surface area contributed by atoms with Gasteiger partial charge < -0.3 is 4.90 Å². The molecule has 0 unspecified atom stereocenters. The highest BCUT2D eigenvalue weighted by atomic mass is 32.1.